The first-order valence-corrected chi connectivity index (χ1v) is 9.34. The van der Waals surface area contributed by atoms with Gasteiger partial charge in [-0.1, -0.05) is 11.6 Å². The number of methoxy groups -OCH3 is 1. The number of benzene rings is 1. The van der Waals surface area contributed by atoms with Crippen LogP contribution in [0.25, 0.3) is 0 Å². The molecule has 7 nitrogen and oxygen atoms in total. The summed E-state index contributed by atoms with van der Waals surface area (Å²) in [5.41, 5.74) is 6.53. The van der Waals surface area contributed by atoms with Crippen molar-refractivity contribution >= 4 is 29.8 Å². The van der Waals surface area contributed by atoms with E-state index in [1.165, 1.54) is 0 Å². The van der Waals surface area contributed by atoms with Crippen LogP contribution in [0.1, 0.15) is 45.2 Å². The zero-order chi connectivity index (χ0) is 20.2. The number of nitrogen functional groups attached to an aromatic ring is 1. The molecule has 0 aromatic heterocycles. The summed E-state index contributed by atoms with van der Waals surface area (Å²) in [7, 11) is 1.55. The van der Waals surface area contributed by atoms with Gasteiger partial charge in [0.2, 0.25) is 6.41 Å². The number of nitrogens with zero attached hydrogens (tertiary/aromatic N) is 1. The fourth-order valence-electron chi connectivity index (χ4n) is 3.30. The molecular formula is C19H28ClN3O4. The minimum Gasteiger partial charge on any atom is -0.496 e. The average molecular weight is 398 g/mol. The minimum absolute atomic E-state index is 0.127. The second kappa shape index (κ2) is 8.69. The molecule has 1 aromatic carbocycles. The van der Waals surface area contributed by atoms with Crippen LogP contribution in [-0.4, -0.2) is 43.2 Å². The largest absolute Gasteiger partial charge is 0.496 e. The first-order chi connectivity index (χ1) is 12.7. The molecule has 0 radical (unpaired) electrons. The predicted octanol–water partition coefficient (Wildman–Crippen LogP) is 3.37. The molecule has 1 aliphatic rings. The summed E-state index contributed by atoms with van der Waals surface area (Å²) >= 11 is 6.19. The van der Waals surface area contributed by atoms with E-state index in [0.29, 0.717) is 36.0 Å². The van der Waals surface area contributed by atoms with E-state index in [9.17, 15) is 9.59 Å². The number of likely N-dealkylation sites (tertiary alicyclic amines) is 1. The molecule has 1 atom stereocenters. The highest BCUT2D eigenvalue weighted by molar-refractivity contribution is 6.33. The number of nitrogens with two attached hydrogens (primary N) is 1. The van der Waals surface area contributed by atoms with Crippen LogP contribution in [0.5, 0.6) is 5.75 Å². The molecule has 8 heteroatoms. The van der Waals surface area contributed by atoms with Crippen LogP contribution in [0.2, 0.25) is 5.02 Å². The van der Waals surface area contributed by atoms with Crippen LogP contribution in [0.4, 0.5) is 10.5 Å². The van der Waals surface area contributed by atoms with Gasteiger partial charge in [-0.15, -0.1) is 0 Å². The molecule has 0 bridgehead atoms. The standard InChI is InChI=1S/C19H28ClN3O4/c1-19(2,3)27-18(25)23-7-5-12(6-8-23)17(22-11-24)13-9-14(20)15(21)10-16(13)26-4/h9-12,17H,5-8,21H2,1-4H3,(H,22,24). The molecule has 2 amide bonds. The molecule has 0 aliphatic carbocycles. The van der Waals surface area contributed by atoms with E-state index >= 15 is 0 Å². The lowest BCUT2D eigenvalue weighted by atomic mass is 9.85. The zero-order valence-electron chi connectivity index (χ0n) is 16.3. The lowest BCUT2D eigenvalue weighted by Gasteiger charge is -2.37. The van der Waals surface area contributed by atoms with Crippen LogP contribution >= 0.6 is 11.6 Å². The Morgan fingerprint density at radius 1 is 1.37 bits per heavy atom. The minimum atomic E-state index is -0.524. The molecule has 2 rings (SSSR count). The Morgan fingerprint density at radius 3 is 2.52 bits per heavy atom. The summed E-state index contributed by atoms with van der Waals surface area (Å²) in [6, 6.07) is 3.11. The molecule has 0 spiro atoms. The number of piperidine rings is 1. The van der Waals surface area contributed by atoms with E-state index in [-0.39, 0.29) is 18.1 Å². The molecule has 1 aliphatic heterocycles. The van der Waals surface area contributed by atoms with E-state index in [0.717, 1.165) is 18.4 Å². The molecule has 27 heavy (non-hydrogen) atoms. The highest BCUT2D eigenvalue weighted by Crippen LogP contribution is 2.39. The fourth-order valence-corrected chi connectivity index (χ4v) is 3.47. The van der Waals surface area contributed by atoms with Crippen molar-refractivity contribution < 1.29 is 19.1 Å². The molecule has 1 aromatic rings. The highest BCUT2D eigenvalue weighted by atomic mass is 35.5. The number of carbonyl (C=O) groups is 2. The van der Waals surface area contributed by atoms with Gasteiger partial charge in [0.1, 0.15) is 11.4 Å². The van der Waals surface area contributed by atoms with Crippen molar-refractivity contribution in [1.82, 2.24) is 10.2 Å². The summed E-state index contributed by atoms with van der Waals surface area (Å²) in [5.74, 6) is 0.702. The van der Waals surface area contributed by atoms with Gasteiger partial charge < -0.3 is 25.4 Å². The summed E-state index contributed by atoms with van der Waals surface area (Å²) < 4.78 is 10.9. The Balaban J connectivity index is 2.15. The maximum atomic E-state index is 12.2. The lowest BCUT2D eigenvalue weighted by molar-refractivity contribution is -0.110. The monoisotopic (exact) mass is 397 g/mol. The Morgan fingerprint density at radius 2 is 2.00 bits per heavy atom. The van der Waals surface area contributed by atoms with Gasteiger partial charge in [-0.05, 0) is 45.6 Å². The summed E-state index contributed by atoms with van der Waals surface area (Å²) in [6.45, 7) is 6.65. The molecule has 1 unspecified atom stereocenters. The van der Waals surface area contributed by atoms with Crippen molar-refractivity contribution in [3.8, 4) is 5.75 Å². The summed E-state index contributed by atoms with van der Waals surface area (Å²) in [6.07, 6.45) is 1.80. The maximum Gasteiger partial charge on any atom is 0.410 e. The third-order valence-electron chi connectivity index (χ3n) is 4.59. The number of ether oxygens (including phenoxy) is 2. The van der Waals surface area contributed by atoms with Gasteiger partial charge in [-0.3, -0.25) is 4.79 Å². The van der Waals surface area contributed by atoms with Crippen molar-refractivity contribution in [3.05, 3.63) is 22.7 Å². The number of anilines is 1. The van der Waals surface area contributed by atoms with Crippen LogP contribution in [0.3, 0.4) is 0 Å². The number of nitrogens with one attached hydrogen (secondary N) is 1. The van der Waals surface area contributed by atoms with Gasteiger partial charge in [0, 0.05) is 24.7 Å². The first-order valence-electron chi connectivity index (χ1n) is 8.96. The molecule has 3 N–H and O–H groups in total. The van der Waals surface area contributed by atoms with Crippen molar-refractivity contribution in [3.63, 3.8) is 0 Å². The van der Waals surface area contributed by atoms with Crippen molar-refractivity contribution in [2.24, 2.45) is 5.92 Å². The number of rotatable bonds is 5. The van der Waals surface area contributed by atoms with Gasteiger partial charge in [-0.25, -0.2) is 4.79 Å². The van der Waals surface area contributed by atoms with E-state index in [1.807, 2.05) is 20.8 Å². The van der Waals surface area contributed by atoms with E-state index in [1.54, 1.807) is 24.1 Å². The van der Waals surface area contributed by atoms with E-state index < -0.39 is 5.60 Å². The molecule has 1 saturated heterocycles. The van der Waals surface area contributed by atoms with Gasteiger partial charge >= 0.3 is 6.09 Å². The fraction of sp³-hybridized carbons (Fsp3) is 0.579. The quantitative estimate of drug-likeness (QED) is 0.586. The number of hydrogen-bond acceptors (Lipinski definition) is 5. The first kappa shape index (κ1) is 21.2. The topological polar surface area (TPSA) is 93.9 Å². The van der Waals surface area contributed by atoms with Crippen LogP contribution in [0, 0.1) is 5.92 Å². The second-order valence-electron chi connectivity index (χ2n) is 7.68. The smallest absolute Gasteiger partial charge is 0.410 e. The van der Waals surface area contributed by atoms with E-state index in [2.05, 4.69) is 5.32 Å². The Labute approximate surface area is 165 Å². The average Bonchev–Trinajstić information content (AvgIpc) is 2.60. The maximum absolute atomic E-state index is 12.2. The van der Waals surface area contributed by atoms with Crippen molar-refractivity contribution in [2.75, 3.05) is 25.9 Å². The molecule has 1 fully saturated rings. The summed E-state index contributed by atoms with van der Waals surface area (Å²) in [5, 5.41) is 3.29. The lowest BCUT2D eigenvalue weighted by Crippen LogP contribution is -2.44. The third-order valence-corrected chi connectivity index (χ3v) is 4.92. The number of carbonyl (C=O) groups excluding carboxylic acids is 2. The highest BCUT2D eigenvalue weighted by Gasteiger charge is 2.32. The Bertz CT molecular complexity index is 682. The third kappa shape index (κ3) is 5.42. The van der Waals surface area contributed by atoms with Gasteiger partial charge in [-0.2, -0.15) is 0 Å². The second-order valence-corrected chi connectivity index (χ2v) is 8.09. The van der Waals surface area contributed by atoms with Crippen molar-refractivity contribution in [1.29, 1.82) is 0 Å². The number of hydrogen-bond donors (Lipinski definition) is 2. The molecule has 1 heterocycles. The number of halogens is 1. The van der Waals surface area contributed by atoms with Gasteiger partial charge in [0.25, 0.3) is 0 Å². The zero-order valence-corrected chi connectivity index (χ0v) is 17.0. The van der Waals surface area contributed by atoms with E-state index in [4.69, 9.17) is 26.8 Å². The SMILES string of the molecule is COc1cc(N)c(Cl)cc1C(NC=O)C1CCN(C(=O)OC(C)(C)C)CC1. The Hall–Kier alpha value is -2.15. The summed E-state index contributed by atoms with van der Waals surface area (Å²) in [4.78, 5) is 25.2. The number of amides is 2. The molecular weight excluding hydrogens is 370 g/mol. The van der Waals surface area contributed by atoms with Crippen LogP contribution < -0.4 is 15.8 Å². The Kier molecular flexibility index (Phi) is 6.81. The normalized spacial score (nSPS) is 16.6. The van der Waals surface area contributed by atoms with Gasteiger partial charge in [0.05, 0.1) is 23.9 Å². The van der Waals surface area contributed by atoms with Crippen LogP contribution in [-0.2, 0) is 9.53 Å². The van der Waals surface area contributed by atoms with Crippen molar-refractivity contribution in [2.45, 2.75) is 45.3 Å². The molecule has 0 saturated carbocycles. The van der Waals surface area contributed by atoms with Gasteiger partial charge in [0.15, 0.2) is 0 Å². The van der Waals surface area contributed by atoms with Crippen LogP contribution in [0.15, 0.2) is 12.1 Å². The molecule has 150 valence electrons. The predicted molar refractivity (Wildman–Crippen MR) is 105 cm³/mol.